The van der Waals surface area contributed by atoms with Gasteiger partial charge in [0.2, 0.25) is 0 Å². The standard InChI is InChI=1S/C30H31NO3.CH4O3S/c1-33-25-13-8-23(9-14-25)28-17-12-22-6-2-3-7-27(22)29(28)30(32)24-10-15-26(16-11-24)34-21-20-31-18-4-5-19-31;1-5(2,3)4/h2-3,6-11,13-16H,4-5,12,17-21H2,1H3;1H3,(H,2,3,4)/p-1. The predicted molar refractivity (Wildman–Crippen MR) is 152 cm³/mol. The molecule has 0 aromatic heterocycles. The van der Waals surface area contributed by atoms with Gasteiger partial charge < -0.3 is 14.0 Å². The molecule has 206 valence electrons. The largest absolute Gasteiger partial charge is 0.748 e. The molecule has 1 fully saturated rings. The van der Waals surface area contributed by atoms with Crippen molar-refractivity contribution in [1.82, 2.24) is 4.90 Å². The van der Waals surface area contributed by atoms with Crippen LogP contribution in [0.5, 0.6) is 11.5 Å². The van der Waals surface area contributed by atoms with Crippen molar-refractivity contribution in [1.29, 1.82) is 0 Å². The van der Waals surface area contributed by atoms with Crippen LogP contribution in [0.4, 0.5) is 0 Å². The van der Waals surface area contributed by atoms with E-state index in [-0.39, 0.29) is 5.78 Å². The third-order valence-corrected chi connectivity index (χ3v) is 6.89. The molecule has 0 unspecified atom stereocenters. The van der Waals surface area contributed by atoms with Gasteiger partial charge in [-0.1, -0.05) is 36.4 Å². The van der Waals surface area contributed by atoms with Gasteiger partial charge in [0.25, 0.3) is 0 Å². The molecule has 1 heterocycles. The maximum atomic E-state index is 13.8. The van der Waals surface area contributed by atoms with Gasteiger partial charge in [-0.05, 0) is 97.4 Å². The predicted octanol–water partition coefficient (Wildman–Crippen LogP) is 5.07. The molecule has 0 saturated carbocycles. The number of fused-ring (bicyclic) bond motifs is 1. The number of hydrogen-bond acceptors (Lipinski definition) is 7. The Morgan fingerprint density at radius 3 is 2.15 bits per heavy atom. The first kappa shape index (κ1) is 28.5. The second-order valence-corrected chi connectivity index (χ2v) is 11.1. The van der Waals surface area contributed by atoms with Crippen LogP contribution in [-0.4, -0.2) is 63.3 Å². The van der Waals surface area contributed by atoms with Crippen molar-refractivity contribution in [2.24, 2.45) is 0 Å². The highest BCUT2D eigenvalue weighted by molar-refractivity contribution is 7.84. The third kappa shape index (κ3) is 8.02. The number of rotatable bonds is 8. The van der Waals surface area contributed by atoms with Crippen LogP contribution in [0.25, 0.3) is 11.1 Å². The highest BCUT2D eigenvalue weighted by atomic mass is 32.2. The van der Waals surface area contributed by atoms with Crippen molar-refractivity contribution >= 4 is 27.0 Å². The van der Waals surface area contributed by atoms with Crippen LogP contribution in [0, 0.1) is 0 Å². The maximum absolute atomic E-state index is 13.8. The fraction of sp³-hybridized carbons (Fsp3) is 0.323. The van der Waals surface area contributed by atoms with Crippen molar-refractivity contribution in [3.8, 4) is 11.5 Å². The third-order valence-electron chi connectivity index (χ3n) is 6.89. The summed E-state index contributed by atoms with van der Waals surface area (Å²) >= 11 is 0. The summed E-state index contributed by atoms with van der Waals surface area (Å²) < 4.78 is 38.5. The van der Waals surface area contributed by atoms with Crippen molar-refractivity contribution in [2.45, 2.75) is 25.7 Å². The molecule has 0 radical (unpaired) electrons. The summed E-state index contributed by atoms with van der Waals surface area (Å²) in [5, 5.41) is 0. The minimum Gasteiger partial charge on any atom is -0.748 e. The van der Waals surface area contributed by atoms with E-state index in [1.807, 2.05) is 60.7 Å². The Bertz CT molecular complexity index is 1400. The van der Waals surface area contributed by atoms with E-state index in [4.69, 9.17) is 22.4 Å². The van der Waals surface area contributed by atoms with E-state index in [1.165, 1.54) is 31.5 Å². The van der Waals surface area contributed by atoms with Gasteiger partial charge in [0, 0.05) is 23.9 Å². The number of likely N-dealkylation sites (tertiary alicyclic amines) is 1. The molecule has 0 amide bonds. The van der Waals surface area contributed by atoms with E-state index in [1.54, 1.807) is 7.11 Å². The molecule has 2 aliphatic rings. The van der Waals surface area contributed by atoms with Crippen LogP contribution in [-0.2, 0) is 16.5 Å². The summed E-state index contributed by atoms with van der Waals surface area (Å²) in [6.07, 6.45) is 4.94. The van der Waals surface area contributed by atoms with Gasteiger partial charge in [-0.15, -0.1) is 0 Å². The molecular formula is C31H34NO6S-. The Kier molecular flexibility index (Phi) is 9.56. The number of Topliss-reactive ketones (excluding diaryl/α,β-unsaturated/α-hetero) is 1. The van der Waals surface area contributed by atoms with Crippen LogP contribution in [0.2, 0.25) is 0 Å². The molecule has 1 aliphatic carbocycles. The lowest BCUT2D eigenvalue weighted by Gasteiger charge is -2.23. The zero-order chi connectivity index (χ0) is 27.8. The molecule has 1 aliphatic heterocycles. The number of allylic oxidation sites excluding steroid dienone is 2. The highest BCUT2D eigenvalue weighted by Crippen LogP contribution is 2.39. The minimum atomic E-state index is -3.92. The molecule has 8 heteroatoms. The lowest BCUT2D eigenvalue weighted by atomic mass is 9.79. The van der Waals surface area contributed by atoms with Gasteiger partial charge in [0.1, 0.15) is 18.1 Å². The molecule has 0 bridgehead atoms. The molecule has 3 aromatic carbocycles. The van der Waals surface area contributed by atoms with Crippen molar-refractivity contribution in [3.63, 3.8) is 0 Å². The van der Waals surface area contributed by atoms with Gasteiger partial charge in [-0.2, -0.15) is 0 Å². The van der Waals surface area contributed by atoms with Crippen molar-refractivity contribution in [3.05, 3.63) is 95.1 Å². The smallest absolute Gasteiger partial charge is 0.193 e. The van der Waals surface area contributed by atoms with Gasteiger partial charge in [0.15, 0.2) is 5.78 Å². The topological polar surface area (TPSA) is 96.0 Å². The van der Waals surface area contributed by atoms with E-state index in [9.17, 15) is 4.79 Å². The summed E-state index contributed by atoms with van der Waals surface area (Å²) in [5.41, 5.74) is 5.91. The average molecular weight is 549 g/mol. The van der Waals surface area contributed by atoms with E-state index < -0.39 is 10.1 Å². The summed E-state index contributed by atoms with van der Waals surface area (Å²) in [4.78, 5) is 16.3. The summed E-state index contributed by atoms with van der Waals surface area (Å²) in [7, 11) is -2.25. The number of ether oxygens (including phenoxy) is 2. The fourth-order valence-corrected chi connectivity index (χ4v) is 5.02. The Morgan fingerprint density at radius 1 is 0.897 bits per heavy atom. The molecule has 0 spiro atoms. The first-order valence-corrected chi connectivity index (χ1v) is 14.9. The molecule has 7 nitrogen and oxygen atoms in total. The Hall–Kier alpha value is -3.46. The lowest BCUT2D eigenvalue weighted by Crippen LogP contribution is -2.25. The quantitative estimate of drug-likeness (QED) is 0.286. The van der Waals surface area contributed by atoms with Gasteiger partial charge in [0.05, 0.1) is 17.2 Å². The fourth-order valence-electron chi connectivity index (χ4n) is 5.02. The first-order chi connectivity index (χ1) is 18.7. The summed E-state index contributed by atoms with van der Waals surface area (Å²) in [6, 6.07) is 23.9. The van der Waals surface area contributed by atoms with E-state index in [2.05, 4.69) is 17.0 Å². The molecule has 1 saturated heterocycles. The number of hydrogen-bond donors (Lipinski definition) is 0. The Morgan fingerprint density at radius 2 is 1.51 bits per heavy atom. The molecule has 5 rings (SSSR count). The van der Waals surface area contributed by atoms with Crippen LogP contribution in [0.1, 0.15) is 46.3 Å². The van der Waals surface area contributed by atoms with Crippen LogP contribution < -0.4 is 9.47 Å². The first-order valence-electron chi connectivity index (χ1n) is 13.1. The van der Waals surface area contributed by atoms with Crippen molar-refractivity contribution in [2.75, 3.05) is 39.6 Å². The van der Waals surface area contributed by atoms with Gasteiger partial charge >= 0.3 is 0 Å². The zero-order valence-corrected chi connectivity index (χ0v) is 23.2. The number of ketones is 1. The molecule has 0 N–H and O–H groups in total. The summed E-state index contributed by atoms with van der Waals surface area (Å²) in [6.45, 7) is 3.97. The van der Waals surface area contributed by atoms with E-state index in [0.29, 0.717) is 18.4 Å². The number of carbonyl (C=O) groups is 1. The second-order valence-electron chi connectivity index (χ2n) is 9.69. The number of carbonyl (C=O) groups excluding carboxylic acids is 1. The van der Waals surface area contributed by atoms with Gasteiger partial charge in [-0.3, -0.25) is 9.69 Å². The molecule has 39 heavy (non-hydrogen) atoms. The second kappa shape index (κ2) is 13.1. The summed E-state index contributed by atoms with van der Waals surface area (Å²) in [5.74, 6) is 1.68. The lowest BCUT2D eigenvalue weighted by molar-refractivity contribution is 0.105. The SMILES string of the molecule is COc1ccc(C2=C(C(=O)c3ccc(OCCN4CCCC4)cc3)c3ccccc3CC2)cc1.CS(=O)(=O)[O-]. The highest BCUT2D eigenvalue weighted by Gasteiger charge is 2.26. The minimum absolute atomic E-state index is 0.0570. The van der Waals surface area contributed by atoms with Gasteiger partial charge in [-0.25, -0.2) is 8.42 Å². The molecule has 3 aromatic rings. The normalized spacial score (nSPS) is 15.3. The van der Waals surface area contributed by atoms with Crippen LogP contribution >= 0.6 is 0 Å². The number of nitrogens with zero attached hydrogens (tertiary/aromatic N) is 1. The van der Waals surface area contributed by atoms with Crippen LogP contribution in [0.15, 0.2) is 72.8 Å². The number of benzene rings is 3. The number of aryl methyl sites for hydroxylation is 1. The van der Waals surface area contributed by atoms with E-state index >= 15 is 0 Å². The number of methoxy groups -OCH3 is 1. The Labute approximate surface area is 230 Å². The average Bonchev–Trinajstić information content (AvgIpc) is 3.45. The zero-order valence-electron chi connectivity index (χ0n) is 22.4. The van der Waals surface area contributed by atoms with Crippen molar-refractivity contribution < 1.29 is 27.2 Å². The van der Waals surface area contributed by atoms with Crippen LogP contribution in [0.3, 0.4) is 0 Å². The maximum Gasteiger partial charge on any atom is 0.193 e. The van der Waals surface area contributed by atoms with E-state index in [0.717, 1.165) is 53.2 Å². The monoisotopic (exact) mass is 548 g/mol. The molecule has 0 atom stereocenters. The molecular weight excluding hydrogens is 514 g/mol. The Balaban J connectivity index is 0.000000648.